The highest BCUT2D eigenvalue weighted by atomic mass is 32.2. The van der Waals surface area contributed by atoms with Crippen LogP contribution in [0, 0.1) is 6.92 Å². The number of sulfone groups is 1. The maximum absolute atomic E-state index is 12.2. The van der Waals surface area contributed by atoms with Crippen molar-refractivity contribution < 1.29 is 8.42 Å². The van der Waals surface area contributed by atoms with Crippen molar-refractivity contribution in [2.24, 2.45) is 5.73 Å². The number of fused-ring (bicyclic) bond motifs is 2. The topological polar surface area (TPSA) is 129 Å². The monoisotopic (exact) mass is 534 g/mol. The van der Waals surface area contributed by atoms with E-state index in [1.165, 1.54) is 17.7 Å². The highest BCUT2D eigenvalue weighted by molar-refractivity contribution is 7.92. The molecule has 3 fully saturated rings. The highest BCUT2D eigenvalue weighted by Crippen LogP contribution is 2.36. The Morgan fingerprint density at radius 1 is 1.11 bits per heavy atom. The van der Waals surface area contributed by atoms with E-state index in [0.717, 1.165) is 42.9 Å². The molecule has 3 aliphatic rings. The Morgan fingerprint density at radius 2 is 1.95 bits per heavy atom. The average molecular weight is 535 g/mol. The maximum Gasteiger partial charge on any atom is 0.227 e. The Kier molecular flexibility index (Phi) is 6.45. The van der Waals surface area contributed by atoms with Gasteiger partial charge in [0.05, 0.1) is 22.9 Å². The molecule has 0 amide bonds. The van der Waals surface area contributed by atoms with E-state index in [9.17, 15) is 8.42 Å². The number of nitrogens with two attached hydrogens (primary N) is 1. The SMILES string of the molecule is Cc1cc(Nc2nccc(-c3ccc(NC(N)CS(=O)(=O)C4CC4)nc3)n2)ccc1N1C[C@@H]2C[C@H]1CN2C. The molecule has 2 aromatic heterocycles. The molecule has 11 heteroatoms. The lowest BCUT2D eigenvalue weighted by Crippen LogP contribution is -2.44. The number of anilines is 4. The molecule has 2 aliphatic heterocycles. The zero-order valence-corrected chi connectivity index (χ0v) is 22.5. The van der Waals surface area contributed by atoms with Crippen LogP contribution in [-0.4, -0.2) is 77.7 Å². The van der Waals surface area contributed by atoms with E-state index < -0.39 is 16.0 Å². The third-order valence-electron chi connectivity index (χ3n) is 7.77. The van der Waals surface area contributed by atoms with Crippen molar-refractivity contribution in [3.05, 3.63) is 54.4 Å². The third-order valence-corrected chi connectivity index (χ3v) is 10.1. The number of likely N-dealkylation sites (N-methyl/N-ethyl adjacent to an activating group) is 1. The summed E-state index contributed by atoms with van der Waals surface area (Å²) >= 11 is 0. The van der Waals surface area contributed by atoms with Crippen LogP contribution in [0.5, 0.6) is 0 Å². The molecule has 200 valence electrons. The van der Waals surface area contributed by atoms with Gasteiger partial charge in [-0.15, -0.1) is 0 Å². The Bertz CT molecular complexity index is 1430. The number of nitrogens with one attached hydrogen (secondary N) is 2. The smallest absolute Gasteiger partial charge is 0.227 e. The van der Waals surface area contributed by atoms with E-state index in [2.05, 4.69) is 67.6 Å². The molecule has 2 bridgehead atoms. The number of rotatable bonds is 9. The van der Waals surface area contributed by atoms with Crippen LogP contribution in [0.1, 0.15) is 24.8 Å². The minimum Gasteiger partial charge on any atom is -0.365 e. The molecule has 1 saturated carbocycles. The van der Waals surface area contributed by atoms with Crippen LogP contribution in [0.25, 0.3) is 11.3 Å². The summed E-state index contributed by atoms with van der Waals surface area (Å²) in [6.07, 6.45) is 5.42. The van der Waals surface area contributed by atoms with E-state index in [-0.39, 0.29) is 11.0 Å². The fraction of sp³-hybridized carbons (Fsp3) is 0.444. The van der Waals surface area contributed by atoms with Gasteiger partial charge in [0.15, 0.2) is 9.84 Å². The summed E-state index contributed by atoms with van der Waals surface area (Å²) in [7, 11) is -0.925. The number of piperazine rings is 1. The number of hydrogen-bond donors (Lipinski definition) is 3. The van der Waals surface area contributed by atoms with Gasteiger partial charge < -0.3 is 21.3 Å². The molecule has 1 unspecified atom stereocenters. The van der Waals surface area contributed by atoms with Crippen LogP contribution in [-0.2, 0) is 9.84 Å². The van der Waals surface area contributed by atoms with E-state index in [0.29, 0.717) is 23.8 Å². The fourth-order valence-corrected chi connectivity index (χ4v) is 7.31. The van der Waals surface area contributed by atoms with Crippen LogP contribution in [0.4, 0.5) is 23.1 Å². The largest absolute Gasteiger partial charge is 0.365 e. The van der Waals surface area contributed by atoms with Crippen LogP contribution in [0.3, 0.4) is 0 Å². The Balaban J connectivity index is 1.10. The van der Waals surface area contributed by atoms with Gasteiger partial charge >= 0.3 is 0 Å². The lowest BCUT2D eigenvalue weighted by atomic mass is 10.1. The summed E-state index contributed by atoms with van der Waals surface area (Å²) in [5.74, 6) is 0.929. The summed E-state index contributed by atoms with van der Waals surface area (Å²) in [6.45, 7) is 4.38. The van der Waals surface area contributed by atoms with Crippen molar-refractivity contribution in [1.29, 1.82) is 0 Å². The lowest BCUT2D eigenvalue weighted by Gasteiger charge is -2.34. The number of benzene rings is 1. The van der Waals surface area contributed by atoms with Crippen LogP contribution in [0.15, 0.2) is 48.8 Å². The van der Waals surface area contributed by atoms with E-state index in [4.69, 9.17) is 5.73 Å². The fourth-order valence-electron chi connectivity index (χ4n) is 5.60. The van der Waals surface area contributed by atoms with Gasteiger partial charge in [-0.25, -0.2) is 23.4 Å². The first-order valence-electron chi connectivity index (χ1n) is 13.1. The number of pyridine rings is 1. The summed E-state index contributed by atoms with van der Waals surface area (Å²) in [4.78, 5) is 18.5. The molecule has 3 aromatic rings. The predicted molar refractivity (Wildman–Crippen MR) is 150 cm³/mol. The number of aromatic nitrogens is 3. The minimum atomic E-state index is -3.15. The molecular weight excluding hydrogens is 500 g/mol. The third kappa shape index (κ3) is 5.18. The zero-order valence-electron chi connectivity index (χ0n) is 21.7. The van der Waals surface area contributed by atoms with Gasteiger partial charge in [0, 0.05) is 54.5 Å². The second-order valence-electron chi connectivity index (χ2n) is 10.7. The molecule has 38 heavy (non-hydrogen) atoms. The van der Waals surface area contributed by atoms with Gasteiger partial charge in [-0.05, 0) is 75.2 Å². The first kappa shape index (κ1) is 25.0. The van der Waals surface area contributed by atoms with Gasteiger partial charge in [-0.2, -0.15) is 0 Å². The molecule has 1 aromatic carbocycles. The van der Waals surface area contributed by atoms with Gasteiger partial charge in [-0.3, -0.25) is 4.90 Å². The first-order valence-corrected chi connectivity index (χ1v) is 14.8. The molecule has 4 N–H and O–H groups in total. The summed E-state index contributed by atoms with van der Waals surface area (Å²) in [6, 6.07) is 13.2. The number of nitrogens with zero attached hydrogens (tertiary/aromatic N) is 5. The van der Waals surface area contributed by atoms with Crippen molar-refractivity contribution in [2.45, 2.75) is 49.7 Å². The molecule has 10 nitrogen and oxygen atoms in total. The van der Waals surface area contributed by atoms with Crippen molar-refractivity contribution >= 4 is 33.0 Å². The zero-order chi connectivity index (χ0) is 26.4. The van der Waals surface area contributed by atoms with Crippen LogP contribution in [0.2, 0.25) is 0 Å². The Morgan fingerprint density at radius 3 is 2.61 bits per heavy atom. The van der Waals surface area contributed by atoms with Crippen molar-refractivity contribution in [3.8, 4) is 11.3 Å². The van der Waals surface area contributed by atoms with Gasteiger partial charge in [-0.1, -0.05) is 0 Å². The maximum atomic E-state index is 12.2. The van der Waals surface area contributed by atoms with Crippen molar-refractivity contribution in [3.63, 3.8) is 0 Å². The molecule has 3 atom stereocenters. The number of hydrogen-bond acceptors (Lipinski definition) is 10. The molecule has 4 heterocycles. The van der Waals surface area contributed by atoms with Crippen LogP contribution < -0.4 is 21.3 Å². The van der Waals surface area contributed by atoms with E-state index in [1.807, 2.05) is 12.1 Å². The molecule has 0 spiro atoms. The van der Waals surface area contributed by atoms with Gasteiger partial charge in [0.1, 0.15) is 5.82 Å². The highest BCUT2D eigenvalue weighted by Gasteiger charge is 2.41. The number of likely N-dealkylation sites (tertiary alicyclic amines) is 1. The molecule has 0 radical (unpaired) electrons. The minimum absolute atomic E-state index is 0.0982. The summed E-state index contributed by atoms with van der Waals surface area (Å²) < 4.78 is 24.3. The number of aryl methyl sites for hydroxylation is 1. The summed E-state index contributed by atoms with van der Waals surface area (Å²) in [5.41, 5.74) is 11.0. The predicted octanol–water partition coefficient (Wildman–Crippen LogP) is 2.76. The normalized spacial score (nSPS) is 22.0. The van der Waals surface area contributed by atoms with Gasteiger partial charge in [0.25, 0.3) is 0 Å². The Labute approximate surface area is 223 Å². The second-order valence-corrected chi connectivity index (χ2v) is 13.1. The molecule has 6 rings (SSSR count). The molecule has 1 aliphatic carbocycles. The van der Waals surface area contributed by atoms with Crippen molar-refractivity contribution in [1.82, 2.24) is 19.9 Å². The van der Waals surface area contributed by atoms with E-state index in [1.54, 1.807) is 18.5 Å². The quantitative estimate of drug-likeness (QED) is 0.352. The van der Waals surface area contributed by atoms with Crippen molar-refractivity contribution in [2.75, 3.05) is 41.4 Å². The Hall–Kier alpha value is -3.28. The molecule has 2 saturated heterocycles. The average Bonchev–Trinajstić information content (AvgIpc) is 3.59. The first-order chi connectivity index (χ1) is 18.2. The summed E-state index contributed by atoms with van der Waals surface area (Å²) in [5, 5.41) is 6.09. The van der Waals surface area contributed by atoms with E-state index >= 15 is 0 Å². The standard InChI is InChI=1S/C27H34N8O2S/c1-17-11-19(4-7-24(17)35-15-20-12-21(35)14-34(20)2)31-27-29-10-9-23(32-27)18-3-8-26(30-13-18)33-25(28)16-38(36,37)22-5-6-22/h3-4,7-11,13,20-22,25H,5-6,12,14-16,28H2,1-2H3,(H,30,33)(H,29,31,32)/t20-,21-,25?/m0/s1. The molecular formula is C27H34N8O2S. The second kappa shape index (κ2) is 9.79. The van der Waals surface area contributed by atoms with Gasteiger partial charge in [0.2, 0.25) is 5.95 Å². The van der Waals surface area contributed by atoms with Crippen LogP contribution >= 0.6 is 0 Å². The lowest BCUT2D eigenvalue weighted by molar-refractivity contribution is 0.292.